The third kappa shape index (κ3) is 5.82. The number of aromatic nitrogens is 1. The number of ether oxygens (including phenoxy) is 2. The minimum Gasteiger partial charge on any atom is -0.497 e. The zero-order valence-electron chi connectivity index (χ0n) is 20.9. The van der Waals surface area contributed by atoms with Gasteiger partial charge in [-0.05, 0) is 72.7 Å². The van der Waals surface area contributed by atoms with E-state index in [1.165, 1.54) is 0 Å². The predicted octanol–water partition coefficient (Wildman–Crippen LogP) is 6.52. The van der Waals surface area contributed by atoms with Crippen molar-refractivity contribution >= 4 is 40.0 Å². The van der Waals surface area contributed by atoms with Crippen molar-refractivity contribution in [3.63, 3.8) is 0 Å². The van der Waals surface area contributed by atoms with Crippen LogP contribution < -0.4 is 20.1 Å². The van der Waals surface area contributed by atoms with Gasteiger partial charge in [-0.15, -0.1) is 0 Å². The number of thiocarbonyl (C=S) groups is 1. The van der Waals surface area contributed by atoms with E-state index in [9.17, 15) is 4.79 Å². The van der Waals surface area contributed by atoms with Crippen LogP contribution >= 0.6 is 12.2 Å². The molecule has 8 heteroatoms. The summed E-state index contributed by atoms with van der Waals surface area (Å²) in [5, 5.41) is 6.03. The van der Waals surface area contributed by atoms with Crippen LogP contribution in [0, 0.1) is 6.92 Å². The summed E-state index contributed by atoms with van der Waals surface area (Å²) in [6.07, 6.45) is 0. The average Bonchev–Trinajstić information content (AvgIpc) is 3.37. The molecule has 0 fully saturated rings. The van der Waals surface area contributed by atoms with Crippen LogP contribution in [0.3, 0.4) is 0 Å². The first-order chi connectivity index (χ1) is 18.5. The van der Waals surface area contributed by atoms with E-state index in [2.05, 4.69) is 15.6 Å². The molecule has 0 saturated carbocycles. The standard InChI is InChI=1S/C30H25N3O4S/c1-19-11-12-22(29-31-26-17-23(35-2)13-14-27(26)37-29)16-25(19)32-30(38)33-28(34)21-9-6-10-24(15-21)36-18-20-7-4-3-5-8-20/h3-17H,18H2,1-2H3,(H2,32,33,34,38). The van der Waals surface area contributed by atoms with E-state index in [0.717, 1.165) is 22.4 Å². The Kier molecular flexibility index (Phi) is 7.33. The topological polar surface area (TPSA) is 85.6 Å². The van der Waals surface area contributed by atoms with E-state index >= 15 is 0 Å². The van der Waals surface area contributed by atoms with Gasteiger partial charge in [0.05, 0.1) is 7.11 Å². The number of benzene rings is 4. The van der Waals surface area contributed by atoms with Crippen molar-refractivity contribution in [1.82, 2.24) is 10.3 Å². The van der Waals surface area contributed by atoms with Gasteiger partial charge in [0.25, 0.3) is 5.91 Å². The Bertz CT molecular complexity index is 1610. The molecule has 1 amide bonds. The first-order valence-corrected chi connectivity index (χ1v) is 12.3. The molecule has 0 unspecified atom stereocenters. The van der Waals surface area contributed by atoms with Gasteiger partial charge in [-0.3, -0.25) is 10.1 Å². The first kappa shape index (κ1) is 25.0. The fourth-order valence-corrected chi connectivity index (χ4v) is 4.05. The molecule has 0 radical (unpaired) electrons. The van der Waals surface area contributed by atoms with Crippen LogP contribution in [0.15, 0.2) is 95.4 Å². The Morgan fingerprint density at radius 2 is 1.79 bits per heavy atom. The van der Waals surface area contributed by atoms with Gasteiger partial charge in [0.1, 0.15) is 23.6 Å². The van der Waals surface area contributed by atoms with Crippen molar-refractivity contribution in [2.24, 2.45) is 0 Å². The average molecular weight is 524 g/mol. The van der Waals surface area contributed by atoms with Crippen molar-refractivity contribution in [2.75, 3.05) is 12.4 Å². The van der Waals surface area contributed by atoms with Gasteiger partial charge >= 0.3 is 0 Å². The number of hydrogen-bond donors (Lipinski definition) is 2. The maximum Gasteiger partial charge on any atom is 0.257 e. The van der Waals surface area contributed by atoms with Gasteiger partial charge in [0.15, 0.2) is 10.7 Å². The van der Waals surface area contributed by atoms with Crippen molar-refractivity contribution in [3.8, 4) is 23.0 Å². The van der Waals surface area contributed by atoms with E-state index in [0.29, 0.717) is 40.7 Å². The van der Waals surface area contributed by atoms with Gasteiger partial charge in [-0.1, -0.05) is 42.5 Å². The zero-order valence-corrected chi connectivity index (χ0v) is 21.7. The number of carbonyl (C=O) groups is 1. The number of amides is 1. The summed E-state index contributed by atoms with van der Waals surface area (Å²) in [6, 6.07) is 28.0. The Hall–Kier alpha value is -4.69. The normalized spacial score (nSPS) is 10.7. The van der Waals surface area contributed by atoms with Gasteiger partial charge < -0.3 is 19.2 Å². The summed E-state index contributed by atoms with van der Waals surface area (Å²) in [4.78, 5) is 17.5. The number of methoxy groups -OCH3 is 1. The van der Waals surface area contributed by atoms with Crippen molar-refractivity contribution in [1.29, 1.82) is 0 Å². The molecule has 190 valence electrons. The highest BCUT2D eigenvalue weighted by Gasteiger charge is 2.13. The van der Waals surface area contributed by atoms with Crippen LogP contribution in [-0.4, -0.2) is 23.1 Å². The zero-order chi connectivity index (χ0) is 26.5. The Labute approximate surface area is 225 Å². The fraction of sp³-hybridized carbons (Fsp3) is 0.100. The quantitative estimate of drug-likeness (QED) is 0.235. The highest BCUT2D eigenvalue weighted by molar-refractivity contribution is 7.80. The number of aryl methyl sites for hydroxylation is 1. The lowest BCUT2D eigenvalue weighted by Crippen LogP contribution is -2.34. The van der Waals surface area contributed by atoms with Gasteiger partial charge in [-0.2, -0.15) is 0 Å². The highest BCUT2D eigenvalue weighted by Crippen LogP contribution is 2.29. The van der Waals surface area contributed by atoms with E-state index in [1.807, 2.05) is 79.7 Å². The maximum absolute atomic E-state index is 12.9. The predicted molar refractivity (Wildman–Crippen MR) is 152 cm³/mol. The van der Waals surface area contributed by atoms with E-state index < -0.39 is 0 Å². The summed E-state index contributed by atoms with van der Waals surface area (Å²) in [5.41, 5.74) is 5.29. The van der Waals surface area contributed by atoms with Crippen LogP contribution in [0.2, 0.25) is 0 Å². The largest absolute Gasteiger partial charge is 0.497 e. The second-order valence-corrected chi connectivity index (χ2v) is 9.00. The second-order valence-electron chi connectivity index (χ2n) is 8.59. The lowest BCUT2D eigenvalue weighted by Gasteiger charge is -2.13. The summed E-state index contributed by atoms with van der Waals surface area (Å²) in [5.74, 6) is 1.44. The van der Waals surface area contributed by atoms with Crippen molar-refractivity contribution in [2.45, 2.75) is 13.5 Å². The highest BCUT2D eigenvalue weighted by atomic mass is 32.1. The number of carbonyl (C=O) groups excluding carboxylic acids is 1. The fourth-order valence-electron chi connectivity index (χ4n) is 3.84. The third-order valence-electron chi connectivity index (χ3n) is 5.90. The van der Waals surface area contributed by atoms with E-state index in [4.69, 9.17) is 26.1 Å². The van der Waals surface area contributed by atoms with Crippen LogP contribution in [0.1, 0.15) is 21.5 Å². The molecular formula is C30H25N3O4S. The van der Waals surface area contributed by atoms with E-state index in [1.54, 1.807) is 25.3 Å². The molecule has 5 aromatic rings. The van der Waals surface area contributed by atoms with Gasteiger partial charge in [-0.25, -0.2) is 4.98 Å². The molecule has 0 bridgehead atoms. The molecule has 38 heavy (non-hydrogen) atoms. The second kappa shape index (κ2) is 11.1. The molecule has 0 aliphatic rings. The number of nitrogens with zero attached hydrogens (tertiary/aromatic N) is 1. The minimum atomic E-state index is -0.339. The molecule has 2 N–H and O–H groups in total. The number of oxazole rings is 1. The first-order valence-electron chi connectivity index (χ1n) is 11.9. The maximum atomic E-state index is 12.9. The molecular weight excluding hydrogens is 498 g/mol. The molecule has 0 atom stereocenters. The number of rotatable bonds is 7. The monoisotopic (exact) mass is 523 g/mol. The smallest absolute Gasteiger partial charge is 0.257 e. The SMILES string of the molecule is COc1ccc2oc(-c3ccc(C)c(NC(=S)NC(=O)c4cccc(OCc5ccccc5)c4)c3)nc2c1. The molecule has 7 nitrogen and oxygen atoms in total. The Morgan fingerprint density at radius 3 is 2.61 bits per heavy atom. The molecule has 0 saturated heterocycles. The summed E-state index contributed by atoms with van der Waals surface area (Å²) < 4.78 is 17.0. The number of nitrogens with one attached hydrogen (secondary N) is 2. The van der Waals surface area contributed by atoms with Crippen molar-refractivity contribution in [3.05, 3.63) is 108 Å². The van der Waals surface area contributed by atoms with Crippen LogP contribution in [0.25, 0.3) is 22.6 Å². The Balaban J connectivity index is 1.25. The van der Waals surface area contributed by atoms with Gasteiger partial charge in [0, 0.05) is 22.9 Å². The van der Waals surface area contributed by atoms with Crippen LogP contribution in [0.4, 0.5) is 5.69 Å². The van der Waals surface area contributed by atoms with E-state index in [-0.39, 0.29) is 11.0 Å². The van der Waals surface area contributed by atoms with Crippen LogP contribution in [-0.2, 0) is 6.61 Å². The minimum absolute atomic E-state index is 0.174. The molecule has 4 aromatic carbocycles. The summed E-state index contributed by atoms with van der Waals surface area (Å²) >= 11 is 5.43. The molecule has 5 rings (SSSR count). The molecule has 0 spiro atoms. The molecule has 0 aliphatic carbocycles. The molecule has 0 aliphatic heterocycles. The van der Waals surface area contributed by atoms with Crippen LogP contribution in [0.5, 0.6) is 11.5 Å². The Morgan fingerprint density at radius 1 is 0.947 bits per heavy atom. The number of anilines is 1. The molecule has 1 aromatic heterocycles. The number of hydrogen-bond acceptors (Lipinski definition) is 6. The van der Waals surface area contributed by atoms with Crippen molar-refractivity contribution < 1.29 is 18.7 Å². The summed E-state index contributed by atoms with van der Waals surface area (Å²) in [7, 11) is 1.61. The van der Waals surface area contributed by atoms with Gasteiger partial charge in [0.2, 0.25) is 5.89 Å². The molecule has 1 heterocycles. The summed E-state index contributed by atoms with van der Waals surface area (Å²) in [6.45, 7) is 2.36. The lowest BCUT2D eigenvalue weighted by molar-refractivity contribution is 0.0977. The third-order valence-corrected chi connectivity index (χ3v) is 6.10. The number of fused-ring (bicyclic) bond motifs is 1. The lowest BCUT2D eigenvalue weighted by atomic mass is 10.1.